The first-order valence-electron chi connectivity index (χ1n) is 10.6. The molecule has 11 nitrogen and oxygen atoms in total. The number of ether oxygens (including phenoxy) is 1. The maximum Gasteiger partial charge on any atom is 0.323 e. The summed E-state index contributed by atoms with van der Waals surface area (Å²) in [6.45, 7) is 4.15. The van der Waals surface area contributed by atoms with Crippen LogP contribution in [0.4, 0.5) is 4.79 Å². The van der Waals surface area contributed by atoms with Crippen LogP contribution in [0.2, 0.25) is 0 Å². The number of carbonyl (C=O) groups is 3. The molecule has 0 saturated carbocycles. The highest BCUT2D eigenvalue weighted by molar-refractivity contribution is 6.10. The van der Waals surface area contributed by atoms with Gasteiger partial charge in [0.15, 0.2) is 5.65 Å². The third-order valence-corrected chi connectivity index (χ3v) is 5.87. The van der Waals surface area contributed by atoms with E-state index >= 15 is 0 Å². The van der Waals surface area contributed by atoms with E-state index in [1.807, 2.05) is 18.4 Å². The Morgan fingerprint density at radius 2 is 2.03 bits per heavy atom. The first-order valence-corrected chi connectivity index (χ1v) is 10.6. The summed E-state index contributed by atoms with van der Waals surface area (Å²) < 4.78 is 7.10. The van der Waals surface area contributed by atoms with Gasteiger partial charge in [-0.3, -0.25) is 14.9 Å². The molecule has 1 aromatic carbocycles. The number of urea groups is 1. The largest absolute Gasteiger partial charge is 0.497 e. The fourth-order valence-corrected chi connectivity index (χ4v) is 4.10. The van der Waals surface area contributed by atoms with E-state index in [2.05, 4.69) is 37.4 Å². The SMILES string of the molecule is COc1ccc2c(c1)C(=O)N(C[C@@]1(C#Cc3ncnc4c3ncn4C(C)C)NC(=O)NC1=O)C2. The normalized spacial score (nSPS) is 19.2. The fourth-order valence-electron chi connectivity index (χ4n) is 4.10. The van der Waals surface area contributed by atoms with Crippen molar-refractivity contribution < 1.29 is 19.1 Å². The molecule has 2 N–H and O–H groups in total. The molecule has 3 aromatic rings. The van der Waals surface area contributed by atoms with Crippen molar-refractivity contribution in [1.82, 2.24) is 35.1 Å². The fraction of sp³-hybridized carbons (Fsp3) is 0.304. The van der Waals surface area contributed by atoms with Crippen molar-refractivity contribution in [3.8, 4) is 17.6 Å². The molecule has 2 aliphatic rings. The molecule has 2 aromatic heterocycles. The quantitative estimate of drug-likeness (QED) is 0.440. The number of methoxy groups -OCH3 is 1. The van der Waals surface area contributed by atoms with Gasteiger partial charge in [-0.25, -0.2) is 19.7 Å². The van der Waals surface area contributed by atoms with E-state index in [1.54, 1.807) is 24.5 Å². The van der Waals surface area contributed by atoms with Crippen LogP contribution in [0.15, 0.2) is 30.9 Å². The van der Waals surface area contributed by atoms with Crippen LogP contribution in [-0.2, 0) is 11.3 Å². The van der Waals surface area contributed by atoms with Crippen molar-refractivity contribution in [3.63, 3.8) is 0 Å². The lowest BCUT2D eigenvalue weighted by Crippen LogP contribution is -2.54. The molecule has 2 aliphatic heterocycles. The Bertz CT molecular complexity index is 1420. The van der Waals surface area contributed by atoms with Gasteiger partial charge in [0, 0.05) is 18.2 Å². The number of imide groups is 1. The van der Waals surface area contributed by atoms with Crippen LogP contribution in [0.5, 0.6) is 5.75 Å². The number of fused-ring (bicyclic) bond motifs is 2. The summed E-state index contributed by atoms with van der Waals surface area (Å²) in [6, 6.07) is 4.69. The Morgan fingerprint density at radius 3 is 2.74 bits per heavy atom. The third-order valence-electron chi connectivity index (χ3n) is 5.87. The van der Waals surface area contributed by atoms with E-state index in [-0.39, 0.29) is 25.0 Å². The van der Waals surface area contributed by atoms with Gasteiger partial charge >= 0.3 is 6.03 Å². The Morgan fingerprint density at radius 1 is 1.21 bits per heavy atom. The lowest BCUT2D eigenvalue weighted by atomic mass is 9.99. The molecular formula is C23H21N7O4. The van der Waals surface area contributed by atoms with Gasteiger partial charge in [0.1, 0.15) is 23.3 Å². The number of aromatic nitrogens is 4. The van der Waals surface area contributed by atoms with Crippen molar-refractivity contribution in [2.45, 2.75) is 32.0 Å². The second-order valence-corrected chi connectivity index (χ2v) is 8.39. The predicted molar refractivity (Wildman–Crippen MR) is 120 cm³/mol. The maximum absolute atomic E-state index is 13.0. The monoisotopic (exact) mass is 459 g/mol. The molecule has 0 radical (unpaired) electrons. The Hall–Kier alpha value is -4.46. The van der Waals surface area contributed by atoms with Crippen LogP contribution >= 0.6 is 0 Å². The molecule has 11 heteroatoms. The molecule has 5 rings (SSSR count). The highest BCUT2D eigenvalue weighted by atomic mass is 16.5. The van der Waals surface area contributed by atoms with Gasteiger partial charge in [0.25, 0.3) is 11.8 Å². The number of amides is 4. The van der Waals surface area contributed by atoms with Crippen LogP contribution in [0.25, 0.3) is 11.2 Å². The van der Waals surface area contributed by atoms with Crippen molar-refractivity contribution in [1.29, 1.82) is 0 Å². The number of rotatable bonds is 4. The molecule has 0 aliphatic carbocycles. The van der Waals surface area contributed by atoms with E-state index in [1.165, 1.54) is 18.3 Å². The molecule has 1 saturated heterocycles. The molecule has 0 bridgehead atoms. The van der Waals surface area contributed by atoms with E-state index in [0.717, 1.165) is 5.56 Å². The molecule has 4 heterocycles. The van der Waals surface area contributed by atoms with Crippen LogP contribution in [0.3, 0.4) is 0 Å². The summed E-state index contributed by atoms with van der Waals surface area (Å²) in [7, 11) is 1.52. The predicted octanol–water partition coefficient (Wildman–Crippen LogP) is 1.00. The zero-order valence-electron chi connectivity index (χ0n) is 18.7. The molecular weight excluding hydrogens is 438 g/mol. The second kappa shape index (κ2) is 7.84. The minimum atomic E-state index is -1.64. The maximum atomic E-state index is 13.0. The van der Waals surface area contributed by atoms with Crippen LogP contribution in [0, 0.1) is 11.8 Å². The van der Waals surface area contributed by atoms with Crippen LogP contribution < -0.4 is 15.4 Å². The second-order valence-electron chi connectivity index (χ2n) is 8.39. The Labute approximate surface area is 194 Å². The number of hydrogen-bond donors (Lipinski definition) is 2. The first-order chi connectivity index (χ1) is 16.3. The van der Waals surface area contributed by atoms with Crippen molar-refractivity contribution in [2.24, 2.45) is 0 Å². The highest BCUT2D eigenvalue weighted by Gasteiger charge is 2.48. The van der Waals surface area contributed by atoms with Crippen molar-refractivity contribution in [2.75, 3.05) is 13.7 Å². The van der Waals surface area contributed by atoms with E-state index < -0.39 is 17.5 Å². The first kappa shape index (κ1) is 21.4. The van der Waals surface area contributed by atoms with Gasteiger partial charge in [-0.05, 0) is 37.5 Å². The number of nitrogens with one attached hydrogen (secondary N) is 2. The summed E-state index contributed by atoms with van der Waals surface area (Å²) >= 11 is 0. The summed E-state index contributed by atoms with van der Waals surface area (Å²) in [5, 5.41) is 4.82. The molecule has 0 spiro atoms. The topological polar surface area (TPSA) is 131 Å². The summed E-state index contributed by atoms with van der Waals surface area (Å²) in [6.07, 6.45) is 3.03. The van der Waals surface area contributed by atoms with Crippen LogP contribution in [-0.4, -0.2) is 61.5 Å². The average Bonchev–Trinajstić information content (AvgIpc) is 3.46. The van der Waals surface area contributed by atoms with Crippen molar-refractivity contribution in [3.05, 3.63) is 47.7 Å². The Kier molecular flexibility index (Phi) is 4.93. The van der Waals surface area contributed by atoms with E-state index in [0.29, 0.717) is 28.2 Å². The standard InChI is InChI=1S/C23H21N7O4/c1-13(2)30-12-26-18-17(24-11-25-19(18)30)6-7-23(21(32)27-22(33)28-23)10-29-9-14-4-5-15(34-3)8-16(14)20(29)31/h4-5,8,11-13H,9-10H2,1-3H3,(H2,27,28,32,33)/t23-/m1/s1. The zero-order chi connectivity index (χ0) is 24.0. The van der Waals surface area contributed by atoms with E-state index in [4.69, 9.17) is 4.74 Å². The minimum Gasteiger partial charge on any atom is -0.497 e. The third kappa shape index (κ3) is 3.40. The number of carbonyl (C=O) groups excluding carboxylic acids is 3. The molecule has 34 heavy (non-hydrogen) atoms. The molecule has 0 unspecified atom stereocenters. The molecule has 172 valence electrons. The molecule has 4 amide bonds. The average molecular weight is 459 g/mol. The number of nitrogens with zero attached hydrogens (tertiary/aromatic N) is 5. The minimum absolute atomic E-state index is 0.133. The van der Waals surface area contributed by atoms with Gasteiger partial charge in [-0.1, -0.05) is 12.0 Å². The van der Waals surface area contributed by atoms with Gasteiger partial charge in [-0.2, -0.15) is 0 Å². The van der Waals surface area contributed by atoms with Gasteiger partial charge < -0.3 is 19.5 Å². The Balaban J connectivity index is 1.51. The summed E-state index contributed by atoms with van der Waals surface area (Å²) in [5.74, 6) is 5.41. The smallest absolute Gasteiger partial charge is 0.323 e. The van der Waals surface area contributed by atoms with Gasteiger partial charge in [-0.15, -0.1) is 0 Å². The van der Waals surface area contributed by atoms with Crippen LogP contribution in [0.1, 0.15) is 41.5 Å². The molecule has 1 atom stereocenters. The van der Waals surface area contributed by atoms with Crippen molar-refractivity contribution >= 4 is 29.0 Å². The lowest BCUT2D eigenvalue weighted by molar-refractivity contribution is -0.122. The summed E-state index contributed by atoms with van der Waals surface area (Å²) in [4.78, 5) is 52.3. The van der Waals surface area contributed by atoms with Gasteiger partial charge in [0.2, 0.25) is 5.54 Å². The van der Waals surface area contributed by atoms with E-state index in [9.17, 15) is 14.4 Å². The summed E-state index contributed by atoms with van der Waals surface area (Å²) in [5.41, 5.74) is 1.07. The zero-order valence-corrected chi connectivity index (χ0v) is 18.7. The number of hydrogen-bond acceptors (Lipinski definition) is 7. The lowest BCUT2D eigenvalue weighted by Gasteiger charge is -2.26. The number of benzene rings is 1. The highest BCUT2D eigenvalue weighted by Crippen LogP contribution is 2.28. The van der Waals surface area contributed by atoms with Gasteiger partial charge in [0.05, 0.1) is 20.0 Å². The number of imidazole rings is 1. The molecule has 1 fully saturated rings.